The molecule has 14 heavy (non-hydrogen) atoms. The van der Waals surface area contributed by atoms with Crippen molar-refractivity contribution in [3.63, 3.8) is 0 Å². The highest BCUT2D eigenvalue weighted by Crippen LogP contribution is 2.18. The lowest BCUT2D eigenvalue weighted by atomic mass is 10.0. The van der Waals surface area contributed by atoms with Gasteiger partial charge in [-0.15, -0.1) is 0 Å². The fraction of sp³-hybridized carbons (Fsp3) is 0.300. The first kappa shape index (κ1) is 9.02. The van der Waals surface area contributed by atoms with Gasteiger partial charge in [-0.2, -0.15) is 0 Å². The summed E-state index contributed by atoms with van der Waals surface area (Å²) in [6.45, 7) is 2.63. The van der Waals surface area contributed by atoms with Crippen LogP contribution in [0.5, 0.6) is 0 Å². The number of hydrogen-bond donors (Lipinski definition) is 2. The van der Waals surface area contributed by atoms with Crippen molar-refractivity contribution in [3.8, 4) is 0 Å². The lowest BCUT2D eigenvalue weighted by molar-refractivity contribution is 0.555. The van der Waals surface area contributed by atoms with E-state index in [1.54, 1.807) is 6.07 Å². The second-order valence-corrected chi connectivity index (χ2v) is 3.41. The monoisotopic (exact) mass is 192 g/mol. The fourth-order valence-corrected chi connectivity index (χ4v) is 1.41. The van der Waals surface area contributed by atoms with Gasteiger partial charge in [0.2, 0.25) is 0 Å². The maximum absolute atomic E-state index is 10.9. The van der Waals surface area contributed by atoms with Crippen molar-refractivity contribution in [2.45, 2.75) is 12.8 Å². The van der Waals surface area contributed by atoms with E-state index in [4.69, 9.17) is 10.2 Å². The number of aromatic amines is 1. The largest absolute Gasteiger partial charge is 0.417 e. The number of nitrogens with two attached hydrogens (primary N) is 1. The zero-order valence-electron chi connectivity index (χ0n) is 7.91. The Labute approximate surface area is 80.7 Å². The molecule has 1 aromatic heterocycles. The van der Waals surface area contributed by atoms with Gasteiger partial charge in [0.15, 0.2) is 5.58 Å². The van der Waals surface area contributed by atoms with Crippen molar-refractivity contribution < 1.29 is 4.42 Å². The molecule has 1 heterocycles. The van der Waals surface area contributed by atoms with Crippen LogP contribution in [-0.2, 0) is 0 Å². The standard InChI is InChI=1S/C10H12N2O2/c1-6(5-11)7-2-3-9-8(4-7)12-10(13)14-9/h2-4,6H,5,11H2,1H3,(H,12,13). The van der Waals surface area contributed by atoms with Crippen LogP contribution >= 0.6 is 0 Å². The van der Waals surface area contributed by atoms with E-state index in [0.29, 0.717) is 12.1 Å². The van der Waals surface area contributed by atoms with Gasteiger partial charge in [-0.05, 0) is 30.2 Å². The van der Waals surface area contributed by atoms with Gasteiger partial charge < -0.3 is 10.2 Å². The highest BCUT2D eigenvalue weighted by molar-refractivity contribution is 5.72. The van der Waals surface area contributed by atoms with Gasteiger partial charge in [0.1, 0.15) is 0 Å². The molecule has 1 unspecified atom stereocenters. The van der Waals surface area contributed by atoms with Crippen molar-refractivity contribution in [3.05, 3.63) is 34.3 Å². The van der Waals surface area contributed by atoms with Gasteiger partial charge >= 0.3 is 5.76 Å². The van der Waals surface area contributed by atoms with E-state index in [0.717, 1.165) is 11.1 Å². The molecule has 2 aromatic rings. The van der Waals surface area contributed by atoms with Crippen LogP contribution in [0.2, 0.25) is 0 Å². The van der Waals surface area contributed by atoms with Crippen LogP contribution in [0, 0.1) is 0 Å². The average Bonchev–Trinajstić information content (AvgIpc) is 2.55. The Kier molecular flexibility index (Phi) is 2.13. The van der Waals surface area contributed by atoms with Gasteiger partial charge in [0.05, 0.1) is 5.52 Å². The number of benzene rings is 1. The second kappa shape index (κ2) is 3.31. The zero-order chi connectivity index (χ0) is 10.1. The molecular weight excluding hydrogens is 180 g/mol. The highest BCUT2D eigenvalue weighted by atomic mass is 16.4. The molecule has 2 rings (SSSR count). The molecule has 1 atom stereocenters. The summed E-state index contributed by atoms with van der Waals surface area (Å²) in [5.74, 6) is -0.129. The van der Waals surface area contributed by atoms with Gasteiger partial charge in [0.25, 0.3) is 0 Å². The maximum atomic E-state index is 10.9. The zero-order valence-corrected chi connectivity index (χ0v) is 7.91. The summed E-state index contributed by atoms with van der Waals surface area (Å²) in [4.78, 5) is 13.5. The molecule has 0 aliphatic carbocycles. The summed E-state index contributed by atoms with van der Waals surface area (Å²) in [6, 6.07) is 5.61. The Morgan fingerprint density at radius 1 is 1.57 bits per heavy atom. The summed E-state index contributed by atoms with van der Waals surface area (Å²) in [6.07, 6.45) is 0. The van der Waals surface area contributed by atoms with Crippen LogP contribution in [0.3, 0.4) is 0 Å². The van der Waals surface area contributed by atoms with Crippen molar-refractivity contribution in [1.29, 1.82) is 0 Å². The minimum Gasteiger partial charge on any atom is -0.408 e. The molecule has 0 aliphatic heterocycles. The van der Waals surface area contributed by atoms with Gasteiger partial charge in [-0.25, -0.2) is 4.79 Å². The summed E-state index contributed by atoms with van der Waals surface area (Å²) in [5.41, 5.74) is 7.98. The Balaban J connectivity index is 2.55. The van der Waals surface area contributed by atoms with E-state index >= 15 is 0 Å². The molecule has 0 fully saturated rings. The van der Waals surface area contributed by atoms with Crippen molar-refractivity contribution >= 4 is 11.1 Å². The predicted octanol–water partition coefficient (Wildman–Crippen LogP) is 1.18. The third-order valence-corrected chi connectivity index (χ3v) is 2.37. The third kappa shape index (κ3) is 1.44. The number of fused-ring (bicyclic) bond motifs is 1. The van der Waals surface area contributed by atoms with E-state index in [1.165, 1.54) is 0 Å². The van der Waals surface area contributed by atoms with Crippen LogP contribution in [-0.4, -0.2) is 11.5 Å². The van der Waals surface area contributed by atoms with Gasteiger partial charge in [-0.1, -0.05) is 13.0 Å². The molecule has 0 aliphatic rings. The first-order chi connectivity index (χ1) is 6.70. The predicted molar refractivity (Wildman–Crippen MR) is 54.3 cm³/mol. The minimum absolute atomic E-state index is 0.290. The molecule has 0 saturated carbocycles. The Morgan fingerprint density at radius 2 is 2.36 bits per heavy atom. The summed E-state index contributed by atoms with van der Waals surface area (Å²) in [7, 11) is 0. The fourth-order valence-electron chi connectivity index (χ4n) is 1.41. The Hall–Kier alpha value is -1.55. The Bertz CT molecular complexity index is 498. The quantitative estimate of drug-likeness (QED) is 0.750. The van der Waals surface area contributed by atoms with Crippen LogP contribution in [0.1, 0.15) is 18.4 Å². The van der Waals surface area contributed by atoms with E-state index in [9.17, 15) is 4.79 Å². The minimum atomic E-state index is -0.419. The van der Waals surface area contributed by atoms with Gasteiger partial charge in [0, 0.05) is 0 Å². The van der Waals surface area contributed by atoms with Crippen LogP contribution < -0.4 is 11.5 Å². The molecular formula is C10H12N2O2. The summed E-state index contributed by atoms with van der Waals surface area (Å²) < 4.78 is 4.89. The normalized spacial score (nSPS) is 13.3. The van der Waals surface area contributed by atoms with E-state index in [-0.39, 0.29) is 5.92 Å². The van der Waals surface area contributed by atoms with Crippen molar-refractivity contribution in [2.75, 3.05) is 6.54 Å². The summed E-state index contributed by atoms with van der Waals surface area (Å²) in [5, 5.41) is 0. The topological polar surface area (TPSA) is 72.0 Å². The van der Waals surface area contributed by atoms with Crippen molar-refractivity contribution in [1.82, 2.24) is 4.98 Å². The molecule has 0 spiro atoms. The molecule has 4 nitrogen and oxygen atoms in total. The van der Waals surface area contributed by atoms with Crippen LogP contribution in [0.15, 0.2) is 27.4 Å². The number of aromatic nitrogens is 1. The van der Waals surface area contributed by atoms with Gasteiger partial charge in [-0.3, -0.25) is 4.98 Å². The van der Waals surface area contributed by atoms with Crippen LogP contribution in [0.4, 0.5) is 0 Å². The van der Waals surface area contributed by atoms with E-state index < -0.39 is 5.76 Å². The van der Waals surface area contributed by atoms with E-state index in [1.807, 2.05) is 19.1 Å². The molecule has 0 saturated heterocycles. The molecule has 74 valence electrons. The molecule has 1 aromatic carbocycles. The smallest absolute Gasteiger partial charge is 0.408 e. The van der Waals surface area contributed by atoms with E-state index in [2.05, 4.69) is 4.98 Å². The first-order valence-corrected chi connectivity index (χ1v) is 4.53. The second-order valence-electron chi connectivity index (χ2n) is 3.41. The third-order valence-electron chi connectivity index (χ3n) is 2.37. The number of oxazole rings is 1. The summed E-state index contributed by atoms with van der Waals surface area (Å²) >= 11 is 0. The van der Waals surface area contributed by atoms with Crippen LogP contribution in [0.25, 0.3) is 11.1 Å². The van der Waals surface area contributed by atoms with Crippen molar-refractivity contribution in [2.24, 2.45) is 5.73 Å². The number of nitrogens with one attached hydrogen (secondary N) is 1. The first-order valence-electron chi connectivity index (χ1n) is 4.53. The lowest BCUT2D eigenvalue weighted by Gasteiger charge is -2.07. The molecule has 0 amide bonds. The average molecular weight is 192 g/mol. The highest BCUT2D eigenvalue weighted by Gasteiger charge is 2.06. The Morgan fingerprint density at radius 3 is 3.07 bits per heavy atom. The maximum Gasteiger partial charge on any atom is 0.417 e. The number of hydrogen-bond acceptors (Lipinski definition) is 3. The molecule has 3 N–H and O–H groups in total. The lowest BCUT2D eigenvalue weighted by Crippen LogP contribution is -2.08. The molecule has 0 radical (unpaired) electrons. The SMILES string of the molecule is CC(CN)c1ccc2oc(=O)[nH]c2c1. The molecule has 0 bridgehead atoms. The number of H-pyrrole nitrogens is 1. The number of rotatable bonds is 2. The molecule has 4 heteroatoms.